The summed E-state index contributed by atoms with van der Waals surface area (Å²) in [6.45, 7) is 8.90. The van der Waals surface area contributed by atoms with Gasteiger partial charge in [-0.05, 0) is 62.8 Å². The number of aliphatic hydroxyl groups excluding tert-OH is 1. The van der Waals surface area contributed by atoms with Crippen molar-refractivity contribution in [3.05, 3.63) is 48.0 Å². The van der Waals surface area contributed by atoms with Crippen molar-refractivity contribution in [2.75, 3.05) is 6.54 Å². The lowest BCUT2D eigenvalue weighted by molar-refractivity contribution is -0.142. The normalized spacial score (nSPS) is 28.3. The minimum absolute atomic E-state index is 0.00723. The molecular formula is C38H57N7O9. The van der Waals surface area contributed by atoms with E-state index in [4.69, 9.17) is 5.73 Å². The Hall–Kier alpha value is -4.83. The fourth-order valence-electron chi connectivity index (χ4n) is 6.51. The molecule has 2 heterocycles. The summed E-state index contributed by atoms with van der Waals surface area (Å²) in [6, 6.07) is 0.264. The van der Waals surface area contributed by atoms with Crippen LogP contribution in [0.4, 0.5) is 0 Å². The summed E-state index contributed by atoms with van der Waals surface area (Å²) in [4.78, 5) is 95.6. The smallest absolute Gasteiger partial charge is 0.326 e. The number of benzene rings is 1. The molecule has 0 aliphatic carbocycles. The molecule has 2 aliphatic heterocycles. The highest BCUT2D eigenvalue weighted by molar-refractivity contribution is 5.97. The molecular weight excluding hydrogens is 698 g/mol. The lowest BCUT2D eigenvalue weighted by Gasteiger charge is -2.30. The van der Waals surface area contributed by atoms with Gasteiger partial charge in [-0.3, -0.25) is 28.8 Å². The van der Waals surface area contributed by atoms with Gasteiger partial charge in [0.25, 0.3) is 0 Å². The molecule has 0 radical (unpaired) electrons. The maximum atomic E-state index is 13.9. The highest BCUT2D eigenvalue weighted by Gasteiger charge is 2.39. The third kappa shape index (κ3) is 12.9. The first kappa shape index (κ1) is 43.6. The molecule has 54 heavy (non-hydrogen) atoms. The van der Waals surface area contributed by atoms with Crippen LogP contribution in [0.5, 0.6) is 0 Å². The minimum Gasteiger partial charge on any atom is -0.480 e. The van der Waals surface area contributed by atoms with E-state index < -0.39 is 89.8 Å². The van der Waals surface area contributed by atoms with Gasteiger partial charge >= 0.3 is 5.97 Å². The van der Waals surface area contributed by atoms with Crippen LogP contribution < -0.4 is 32.3 Å². The second-order valence-electron chi connectivity index (χ2n) is 15.0. The van der Waals surface area contributed by atoms with Crippen molar-refractivity contribution < 1.29 is 43.8 Å². The number of carboxylic acids is 1. The summed E-state index contributed by atoms with van der Waals surface area (Å²) >= 11 is 0. The fraction of sp³-hybridized carbons (Fsp3) is 0.605. The third-order valence-corrected chi connectivity index (χ3v) is 9.36. The Bertz CT molecular complexity index is 1520. The average molecular weight is 756 g/mol. The molecule has 8 atom stereocenters. The molecule has 1 fully saturated rings. The summed E-state index contributed by atoms with van der Waals surface area (Å²) in [5, 5.41) is 33.7. The summed E-state index contributed by atoms with van der Waals surface area (Å²) in [5.41, 5.74) is 6.90. The van der Waals surface area contributed by atoms with Crippen molar-refractivity contribution in [2.24, 2.45) is 17.6 Å². The zero-order chi connectivity index (χ0) is 40.1. The summed E-state index contributed by atoms with van der Waals surface area (Å²) in [6.07, 6.45) is 2.60. The van der Waals surface area contributed by atoms with E-state index in [-0.39, 0.29) is 50.5 Å². The number of carbonyl (C=O) groups excluding carboxylic acids is 6. The topological polar surface area (TPSA) is 249 Å². The summed E-state index contributed by atoms with van der Waals surface area (Å²) < 4.78 is 0. The predicted octanol–water partition coefficient (Wildman–Crippen LogP) is -0.121. The number of amides is 6. The molecule has 3 rings (SSSR count). The Labute approximate surface area is 316 Å². The van der Waals surface area contributed by atoms with Crippen molar-refractivity contribution in [1.29, 1.82) is 0 Å². The molecule has 2 unspecified atom stereocenters. The average Bonchev–Trinajstić information content (AvgIpc) is 3.60. The molecule has 2 aliphatic rings. The van der Waals surface area contributed by atoms with Gasteiger partial charge < -0.3 is 47.4 Å². The number of hydrogen-bond acceptors (Lipinski definition) is 9. The zero-order valence-electron chi connectivity index (χ0n) is 31.7. The largest absolute Gasteiger partial charge is 0.480 e. The molecule has 9 N–H and O–H groups in total. The summed E-state index contributed by atoms with van der Waals surface area (Å²) in [5.74, 6) is -5.75. The third-order valence-electron chi connectivity index (χ3n) is 9.36. The van der Waals surface area contributed by atoms with Crippen LogP contribution in [-0.4, -0.2) is 111 Å². The maximum absolute atomic E-state index is 13.9. The van der Waals surface area contributed by atoms with Gasteiger partial charge in [-0.2, -0.15) is 0 Å². The van der Waals surface area contributed by atoms with E-state index in [2.05, 4.69) is 26.6 Å². The van der Waals surface area contributed by atoms with Gasteiger partial charge in [0.1, 0.15) is 36.3 Å². The van der Waals surface area contributed by atoms with Gasteiger partial charge in [0.05, 0.1) is 12.1 Å². The number of rotatable bonds is 8. The lowest BCUT2D eigenvalue weighted by atomic mass is 9.99. The number of nitrogens with two attached hydrogens (primary N) is 1. The van der Waals surface area contributed by atoms with Crippen LogP contribution in [0.15, 0.2) is 42.5 Å². The first-order chi connectivity index (χ1) is 25.5. The molecule has 6 amide bonds. The monoisotopic (exact) mass is 755 g/mol. The van der Waals surface area contributed by atoms with Crippen molar-refractivity contribution in [3.8, 4) is 0 Å². The number of hydrogen-bond donors (Lipinski definition) is 8. The van der Waals surface area contributed by atoms with E-state index in [9.17, 15) is 43.8 Å². The Morgan fingerprint density at radius 2 is 1.30 bits per heavy atom. The van der Waals surface area contributed by atoms with E-state index in [1.54, 1.807) is 30.3 Å². The van der Waals surface area contributed by atoms with Gasteiger partial charge in [0.2, 0.25) is 35.4 Å². The molecule has 0 bridgehead atoms. The van der Waals surface area contributed by atoms with Gasteiger partial charge in [0.15, 0.2) is 0 Å². The molecule has 0 aromatic heterocycles. The van der Waals surface area contributed by atoms with E-state index >= 15 is 0 Å². The van der Waals surface area contributed by atoms with Gasteiger partial charge in [-0.25, -0.2) is 4.79 Å². The standard InChI is InChI=1S/C38H57N7O9/c1-21(2)18-27-32(47)41-29(20-24-12-7-6-8-13-24)33(48)40-26(38(53)54)15-10-9-14-25(39)37(52)45-17-11-16-30(45)35(50)42-28(19-22(3)4)34(49)44-31(23(5)46)36(51)43-27/h6-10,12-13,21-23,25-31,46H,11,14-20,39H2,1-5H3,(H,40,48)(H,41,47)(H,42,50)(H,43,51)(H,44,49)(H,53,54)/b10-9+/t23-,25-,26?,27+,28+,29+,30+,31?/m1/s1. The SMILES string of the molecule is CC(C)C[C@@H]1NC(=O)C([C@@H](C)O)NC(=O)[C@H](CC(C)C)NC(=O)[C@@H]2CCCN2C(=O)[C@H](N)C/C=C/CC(C(=O)O)NC(=O)[C@H](Cc2ccccc2)NC1=O. The Morgan fingerprint density at radius 3 is 1.87 bits per heavy atom. The molecule has 16 heteroatoms. The number of aliphatic hydroxyl groups is 1. The van der Waals surface area contributed by atoms with E-state index in [1.807, 2.05) is 27.7 Å². The molecule has 1 saturated heterocycles. The second kappa shape index (κ2) is 20.6. The quantitative estimate of drug-likeness (QED) is 0.163. The molecule has 1 aromatic carbocycles. The van der Waals surface area contributed by atoms with Gasteiger partial charge in [0, 0.05) is 13.0 Å². The number of carboxylic acid groups (broad SMARTS) is 1. The van der Waals surface area contributed by atoms with Gasteiger partial charge in [-0.15, -0.1) is 0 Å². The Morgan fingerprint density at radius 1 is 0.759 bits per heavy atom. The number of nitrogens with one attached hydrogen (secondary N) is 5. The van der Waals surface area contributed by atoms with Crippen molar-refractivity contribution >= 4 is 41.4 Å². The zero-order valence-corrected chi connectivity index (χ0v) is 31.7. The van der Waals surface area contributed by atoms with Crippen LogP contribution in [-0.2, 0) is 40.0 Å². The molecule has 1 aromatic rings. The minimum atomic E-state index is -1.54. The van der Waals surface area contributed by atoms with Crippen LogP contribution in [0.2, 0.25) is 0 Å². The highest BCUT2D eigenvalue weighted by atomic mass is 16.4. The van der Waals surface area contributed by atoms with E-state index in [1.165, 1.54) is 24.0 Å². The number of nitrogens with zero attached hydrogens (tertiary/aromatic N) is 1. The Balaban J connectivity index is 2.03. The number of aliphatic carboxylic acids is 1. The van der Waals surface area contributed by atoms with Crippen LogP contribution in [0.3, 0.4) is 0 Å². The van der Waals surface area contributed by atoms with Crippen LogP contribution >= 0.6 is 0 Å². The number of carbonyl (C=O) groups is 7. The van der Waals surface area contributed by atoms with Crippen LogP contribution in [0, 0.1) is 11.8 Å². The fourth-order valence-corrected chi connectivity index (χ4v) is 6.51. The number of fused-ring (bicyclic) bond motifs is 1. The predicted molar refractivity (Wildman–Crippen MR) is 199 cm³/mol. The maximum Gasteiger partial charge on any atom is 0.326 e. The van der Waals surface area contributed by atoms with E-state index in [0.717, 1.165) is 0 Å². The Kier molecular flexibility index (Phi) is 16.6. The van der Waals surface area contributed by atoms with Crippen molar-refractivity contribution in [2.45, 2.75) is 128 Å². The van der Waals surface area contributed by atoms with E-state index in [0.29, 0.717) is 18.4 Å². The van der Waals surface area contributed by atoms with Crippen molar-refractivity contribution in [3.63, 3.8) is 0 Å². The second-order valence-corrected chi connectivity index (χ2v) is 15.0. The molecule has 298 valence electrons. The molecule has 0 spiro atoms. The van der Waals surface area contributed by atoms with Crippen molar-refractivity contribution in [1.82, 2.24) is 31.5 Å². The highest BCUT2D eigenvalue weighted by Crippen LogP contribution is 2.20. The van der Waals surface area contributed by atoms with Crippen LogP contribution in [0.25, 0.3) is 0 Å². The first-order valence-corrected chi connectivity index (χ1v) is 18.7. The first-order valence-electron chi connectivity index (χ1n) is 18.7. The lowest BCUT2D eigenvalue weighted by Crippen LogP contribution is -2.62. The van der Waals surface area contributed by atoms with Gasteiger partial charge in [-0.1, -0.05) is 70.2 Å². The van der Waals surface area contributed by atoms with Crippen LogP contribution in [0.1, 0.15) is 78.7 Å². The molecule has 16 nitrogen and oxygen atoms in total. The summed E-state index contributed by atoms with van der Waals surface area (Å²) in [7, 11) is 0. The molecule has 0 saturated carbocycles.